The van der Waals surface area contributed by atoms with E-state index in [1.165, 1.54) is 17.1 Å². The van der Waals surface area contributed by atoms with Gasteiger partial charge in [-0.15, -0.1) is 34.9 Å². The van der Waals surface area contributed by atoms with Crippen LogP contribution in [0.2, 0.25) is 0 Å². The van der Waals surface area contributed by atoms with E-state index < -0.39 is 0 Å². The van der Waals surface area contributed by atoms with Gasteiger partial charge in [0, 0.05) is 39.6 Å². The smallest absolute Gasteiger partial charge is 0.255 e. The number of carbonyl (C=O) groups is 1. The molecule has 2 aromatic carbocycles. The van der Waals surface area contributed by atoms with Crippen molar-refractivity contribution in [2.24, 2.45) is 0 Å². The Bertz CT molecular complexity index is 966. The van der Waals surface area contributed by atoms with Crippen LogP contribution < -0.4 is 5.32 Å². The fourth-order valence-corrected chi connectivity index (χ4v) is 7.61. The average molecular weight is 445 g/mol. The monoisotopic (exact) mass is 444 g/mol. The zero-order valence-electron chi connectivity index (χ0n) is 15.4. The molecular formula is C21H20N2OS4. The lowest BCUT2D eigenvalue weighted by atomic mass is 10.1. The first-order valence-electron chi connectivity index (χ1n) is 8.96. The van der Waals surface area contributed by atoms with E-state index in [0.717, 1.165) is 32.6 Å². The summed E-state index contributed by atoms with van der Waals surface area (Å²) in [4.78, 5) is 17.4. The highest BCUT2D eigenvalue weighted by atomic mass is 32.2. The number of aromatic nitrogens is 1. The van der Waals surface area contributed by atoms with Crippen LogP contribution in [0.4, 0.5) is 5.69 Å². The quantitative estimate of drug-likeness (QED) is 0.441. The summed E-state index contributed by atoms with van der Waals surface area (Å²) in [5.74, 6) is 3.05. The molecule has 144 valence electrons. The van der Waals surface area contributed by atoms with Crippen molar-refractivity contribution >= 4 is 58.2 Å². The number of benzene rings is 2. The number of thiazole rings is 1. The van der Waals surface area contributed by atoms with E-state index in [2.05, 4.69) is 27.8 Å². The maximum absolute atomic E-state index is 12.9. The first-order chi connectivity index (χ1) is 13.7. The van der Waals surface area contributed by atoms with Crippen molar-refractivity contribution in [1.29, 1.82) is 0 Å². The molecule has 0 atom stereocenters. The fourth-order valence-electron chi connectivity index (χ4n) is 2.92. The van der Waals surface area contributed by atoms with Gasteiger partial charge in [0.15, 0.2) is 0 Å². The summed E-state index contributed by atoms with van der Waals surface area (Å²) >= 11 is 7.26. The minimum absolute atomic E-state index is 0.0598. The number of carbonyl (C=O) groups excluding carboxylic acids is 1. The first-order valence-corrected chi connectivity index (χ1v) is 12.9. The molecule has 3 aromatic rings. The summed E-state index contributed by atoms with van der Waals surface area (Å²) in [6, 6.07) is 16.0. The molecule has 1 aliphatic heterocycles. The Hall–Kier alpha value is -1.41. The molecule has 0 unspecified atom stereocenters. The van der Waals surface area contributed by atoms with E-state index in [1.54, 1.807) is 23.1 Å². The highest BCUT2D eigenvalue weighted by Crippen LogP contribution is 2.45. The zero-order chi connectivity index (χ0) is 19.3. The van der Waals surface area contributed by atoms with Gasteiger partial charge in [-0.05, 0) is 36.2 Å². The minimum Gasteiger partial charge on any atom is -0.322 e. The number of rotatable bonds is 6. The van der Waals surface area contributed by atoms with Crippen LogP contribution in [0.5, 0.6) is 0 Å². The van der Waals surface area contributed by atoms with Crippen molar-refractivity contribution in [3.8, 4) is 0 Å². The van der Waals surface area contributed by atoms with Gasteiger partial charge in [0.1, 0.15) is 4.34 Å². The first kappa shape index (κ1) is 19.9. The third-order valence-corrected chi connectivity index (χ3v) is 9.54. The molecule has 28 heavy (non-hydrogen) atoms. The van der Waals surface area contributed by atoms with Gasteiger partial charge >= 0.3 is 0 Å². The molecule has 1 aromatic heterocycles. The normalized spacial score (nSPS) is 14.3. The van der Waals surface area contributed by atoms with Crippen LogP contribution in [0.15, 0.2) is 58.3 Å². The number of hydrogen-bond donors (Lipinski definition) is 1. The summed E-state index contributed by atoms with van der Waals surface area (Å²) in [6.07, 6.45) is 0. The van der Waals surface area contributed by atoms with Gasteiger partial charge in [0.2, 0.25) is 0 Å². The highest BCUT2D eigenvalue weighted by Gasteiger charge is 2.19. The second-order valence-corrected chi connectivity index (χ2v) is 11.2. The molecular weight excluding hydrogens is 425 g/mol. The molecule has 1 N–H and O–H groups in total. The van der Waals surface area contributed by atoms with Gasteiger partial charge in [0.05, 0.1) is 4.58 Å². The molecule has 0 radical (unpaired) electrons. The number of thioether (sulfide) groups is 3. The zero-order valence-corrected chi connectivity index (χ0v) is 18.6. The van der Waals surface area contributed by atoms with Gasteiger partial charge in [-0.2, -0.15) is 0 Å². The van der Waals surface area contributed by atoms with Crippen LogP contribution in [0.1, 0.15) is 31.8 Å². The Morgan fingerprint density at radius 2 is 2.00 bits per heavy atom. The lowest BCUT2D eigenvalue weighted by Crippen LogP contribution is -2.14. The van der Waals surface area contributed by atoms with Crippen LogP contribution in [-0.4, -0.2) is 22.4 Å². The molecule has 3 nitrogen and oxygen atoms in total. The van der Waals surface area contributed by atoms with Gasteiger partial charge in [0.25, 0.3) is 5.91 Å². The number of nitrogens with one attached hydrogen (secondary N) is 1. The SMILES string of the molecule is Cc1csc(SCc2ccccc2C(=O)Nc2cccc(C3SCCS3)c2)n1. The lowest BCUT2D eigenvalue weighted by Gasteiger charge is -2.12. The maximum atomic E-state index is 12.9. The summed E-state index contributed by atoms with van der Waals surface area (Å²) in [7, 11) is 0. The van der Waals surface area contributed by atoms with Crippen molar-refractivity contribution in [2.75, 3.05) is 16.8 Å². The maximum Gasteiger partial charge on any atom is 0.255 e. The third-order valence-electron chi connectivity index (χ3n) is 4.25. The Morgan fingerprint density at radius 1 is 1.18 bits per heavy atom. The van der Waals surface area contributed by atoms with Crippen LogP contribution >= 0.6 is 46.6 Å². The van der Waals surface area contributed by atoms with Crippen LogP contribution in [-0.2, 0) is 5.75 Å². The van der Waals surface area contributed by atoms with E-state index in [4.69, 9.17) is 0 Å². The molecule has 1 saturated heterocycles. The largest absolute Gasteiger partial charge is 0.322 e. The molecule has 0 saturated carbocycles. The molecule has 0 aliphatic carbocycles. The second-order valence-electron chi connectivity index (χ2n) is 6.35. The molecule has 1 fully saturated rings. The summed E-state index contributed by atoms with van der Waals surface area (Å²) in [5, 5.41) is 5.14. The predicted octanol–water partition coefficient (Wildman–Crippen LogP) is 6.47. The summed E-state index contributed by atoms with van der Waals surface area (Å²) in [5.41, 5.74) is 4.91. The predicted molar refractivity (Wildman–Crippen MR) is 125 cm³/mol. The van der Waals surface area contributed by atoms with Gasteiger partial charge < -0.3 is 5.32 Å². The van der Waals surface area contributed by atoms with Crippen molar-refractivity contribution in [3.05, 3.63) is 76.3 Å². The standard InChI is InChI=1S/C21H20N2OS4/c1-14-12-27-21(22-14)28-13-16-5-2-3-8-18(16)19(24)23-17-7-4-6-15(11-17)20-25-9-10-26-20/h2-8,11-12,20H,9-10,13H2,1H3,(H,23,24). The van der Waals surface area contributed by atoms with Crippen molar-refractivity contribution in [2.45, 2.75) is 21.6 Å². The molecule has 0 bridgehead atoms. The second kappa shape index (κ2) is 9.39. The van der Waals surface area contributed by atoms with E-state index in [1.807, 2.05) is 66.8 Å². The number of aryl methyl sites for hydroxylation is 1. The van der Waals surface area contributed by atoms with Crippen LogP contribution in [0.25, 0.3) is 0 Å². The number of amides is 1. The third kappa shape index (κ3) is 4.95. The Labute approximate surface area is 182 Å². The van der Waals surface area contributed by atoms with E-state index in [-0.39, 0.29) is 5.91 Å². The van der Waals surface area contributed by atoms with Crippen molar-refractivity contribution < 1.29 is 4.79 Å². The van der Waals surface area contributed by atoms with Gasteiger partial charge in [-0.3, -0.25) is 4.79 Å². The Kier molecular flexibility index (Phi) is 6.67. The Balaban J connectivity index is 1.47. The van der Waals surface area contributed by atoms with E-state index in [9.17, 15) is 4.79 Å². The minimum atomic E-state index is -0.0598. The number of anilines is 1. The van der Waals surface area contributed by atoms with E-state index in [0.29, 0.717) is 4.58 Å². The van der Waals surface area contributed by atoms with Crippen molar-refractivity contribution in [3.63, 3.8) is 0 Å². The molecule has 2 heterocycles. The van der Waals surface area contributed by atoms with Crippen LogP contribution in [0.3, 0.4) is 0 Å². The van der Waals surface area contributed by atoms with Crippen molar-refractivity contribution in [1.82, 2.24) is 4.98 Å². The summed E-state index contributed by atoms with van der Waals surface area (Å²) in [6.45, 7) is 2.00. The van der Waals surface area contributed by atoms with Gasteiger partial charge in [-0.1, -0.05) is 42.1 Å². The topological polar surface area (TPSA) is 42.0 Å². The number of hydrogen-bond acceptors (Lipinski definition) is 6. The number of nitrogens with zero attached hydrogens (tertiary/aromatic N) is 1. The molecule has 0 spiro atoms. The summed E-state index contributed by atoms with van der Waals surface area (Å²) < 4.78 is 1.51. The lowest BCUT2D eigenvalue weighted by molar-refractivity contribution is 0.102. The molecule has 4 rings (SSSR count). The molecule has 7 heteroatoms. The molecule has 1 amide bonds. The highest BCUT2D eigenvalue weighted by molar-refractivity contribution is 8.19. The van der Waals surface area contributed by atoms with E-state index >= 15 is 0 Å². The Morgan fingerprint density at radius 3 is 2.79 bits per heavy atom. The molecule has 1 aliphatic rings. The van der Waals surface area contributed by atoms with Crippen LogP contribution in [0, 0.1) is 6.92 Å². The van der Waals surface area contributed by atoms with Gasteiger partial charge in [-0.25, -0.2) is 4.98 Å². The average Bonchev–Trinajstić information content (AvgIpc) is 3.39. The fraction of sp³-hybridized carbons (Fsp3) is 0.238.